The quantitative estimate of drug-likeness (QED) is 0.595. The van der Waals surface area contributed by atoms with Crippen molar-refractivity contribution in [2.45, 2.75) is 19.0 Å². The van der Waals surface area contributed by atoms with Crippen LogP contribution in [-0.4, -0.2) is 36.4 Å². The summed E-state index contributed by atoms with van der Waals surface area (Å²) >= 11 is 0. The molecule has 1 saturated heterocycles. The number of para-hydroxylation sites is 2. The lowest BCUT2D eigenvalue weighted by molar-refractivity contribution is -0.137. The van der Waals surface area contributed by atoms with Gasteiger partial charge in [-0.15, -0.1) is 0 Å². The molecule has 0 spiro atoms. The number of alkyl halides is 3. The van der Waals surface area contributed by atoms with E-state index in [2.05, 4.69) is 20.5 Å². The van der Waals surface area contributed by atoms with Crippen molar-refractivity contribution in [3.63, 3.8) is 0 Å². The molecule has 0 saturated carbocycles. The predicted molar refractivity (Wildman–Crippen MR) is 112 cm³/mol. The van der Waals surface area contributed by atoms with Gasteiger partial charge in [0.2, 0.25) is 0 Å². The number of halogens is 3. The van der Waals surface area contributed by atoms with Crippen LogP contribution in [0.3, 0.4) is 0 Å². The van der Waals surface area contributed by atoms with Crippen LogP contribution in [0.2, 0.25) is 0 Å². The van der Waals surface area contributed by atoms with Crippen molar-refractivity contribution in [2.75, 3.05) is 29.9 Å². The number of benzene rings is 2. The highest BCUT2D eigenvalue weighted by Crippen LogP contribution is 2.30. The van der Waals surface area contributed by atoms with Crippen LogP contribution in [0.1, 0.15) is 18.4 Å². The Balaban J connectivity index is 1.22. The van der Waals surface area contributed by atoms with Crippen LogP contribution in [0.4, 0.5) is 24.9 Å². The van der Waals surface area contributed by atoms with Gasteiger partial charge in [-0.2, -0.15) is 18.2 Å². The number of rotatable bonds is 4. The molecular formula is C22H21F3N4O3. The van der Waals surface area contributed by atoms with Gasteiger partial charge < -0.3 is 20.0 Å². The second-order valence-corrected chi connectivity index (χ2v) is 7.63. The minimum atomic E-state index is -4.46. The van der Waals surface area contributed by atoms with E-state index in [1.807, 2.05) is 24.3 Å². The van der Waals surface area contributed by atoms with Crippen molar-refractivity contribution >= 4 is 34.6 Å². The summed E-state index contributed by atoms with van der Waals surface area (Å²) in [5.74, 6) is -1.56. The van der Waals surface area contributed by atoms with Gasteiger partial charge in [0.25, 0.3) is 6.01 Å². The zero-order valence-electron chi connectivity index (χ0n) is 17.0. The zero-order chi connectivity index (χ0) is 22.7. The van der Waals surface area contributed by atoms with Crippen LogP contribution in [0, 0.1) is 5.92 Å². The molecule has 3 aromatic rings. The molecule has 2 heterocycles. The van der Waals surface area contributed by atoms with Crippen LogP contribution in [0.25, 0.3) is 11.1 Å². The van der Waals surface area contributed by atoms with Crippen LogP contribution in [0.15, 0.2) is 52.9 Å². The van der Waals surface area contributed by atoms with Gasteiger partial charge in [0.05, 0.1) is 5.56 Å². The molecule has 168 valence electrons. The third-order valence-electron chi connectivity index (χ3n) is 5.40. The Labute approximate surface area is 181 Å². The van der Waals surface area contributed by atoms with E-state index < -0.39 is 23.6 Å². The molecule has 0 radical (unpaired) electrons. The van der Waals surface area contributed by atoms with E-state index in [0.29, 0.717) is 25.6 Å². The lowest BCUT2D eigenvalue weighted by Crippen LogP contribution is -2.41. The van der Waals surface area contributed by atoms with Gasteiger partial charge in [0.1, 0.15) is 5.52 Å². The minimum Gasteiger partial charge on any atom is -0.423 e. The number of oxazole rings is 1. The van der Waals surface area contributed by atoms with E-state index in [0.717, 1.165) is 48.2 Å². The summed E-state index contributed by atoms with van der Waals surface area (Å²) in [6.45, 7) is 1.76. The molecule has 7 nitrogen and oxygen atoms in total. The minimum absolute atomic E-state index is 0.116. The Hall–Kier alpha value is -3.56. The first-order chi connectivity index (χ1) is 15.3. The van der Waals surface area contributed by atoms with Crippen LogP contribution in [-0.2, 0) is 15.8 Å². The number of nitrogens with one attached hydrogen (secondary N) is 2. The van der Waals surface area contributed by atoms with Crippen molar-refractivity contribution in [1.82, 2.24) is 10.3 Å². The molecule has 0 atom stereocenters. The Morgan fingerprint density at radius 3 is 2.38 bits per heavy atom. The molecule has 0 bridgehead atoms. The molecule has 1 aromatic heterocycles. The molecule has 4 rings (SSSR count). The summed E-state index contributed by atoms with van der Waals surface area (Å²) in [6.07, 6.45) is -2.88. The summed E-state index contributed by atoms with van der Waals surface area (Å²) in [5, 5.41) is 4.90. The second-order valence-electron chi connectivity index (χ2n) is 7.63. The number of carbonyl (C=O) groups excluding carboxylic acids is 2. The maximum absolute atomic E-state index is 12.6. The fourth-order valence-electron chi connectivity index (χ4n) is 3.57. The van der Waals surface area contributed by atoms with Gasteiger partial charge in [0.15, 0.2) is 5.58 Å². The fraction of sp³-hybridized carbons (Fsp3) is 0.318. The first-order valence-electron chi connectivity index (χ1n) is 10.2. The lowest BCUT2D eigenvalue weighted by Gasteiger charge is -2.30. The number of nitrogens with zero attached hydrogens (tertiary/aromatic N) is 2. The van der Waals surface area contributed by atoms with Crippen LogP contribution >= 0.6 is 0 Å². The van der Waals surface area contributed by atoms with Crippen molar-refractivity contribution in [3.8, 4) is 0 Å². The number of fused-ring (bicyclic) bond motifs is 1. The maximum atomic E-state index is 12.6. The van der Waals surface area contributed by atoms with E-state index in [4.69, 9.17) is 4.42 Å². The molecule has 1 aliphatic rings. The maximum Gasteiger partial charge on any atom is 0.416 e. The first-order valence-corrected chi connectivity index (χ1v) is 10.2. The zero-order valence-corrected chi connectivity index (χ0v) is 17.0. The molecule has 2 amide bonds. The van der Waals surface area contributed by atoms with E-state index >= 15 is 0 Å². The van der Waals surface area contributed by atoms with Crippen molar-refractivity contribution in [3.05, 3.63) is 54.1 Å². The molecule has 2 N–H and O–H groups in total. The molecule has 10 heteroatoms. The van der Waals surface area contributed by atoms with Gasteiger partial charge in [-0.25, -0.2) is 0 Å². The standard InChI is InChI=1S/C22H21F3N4O3/c23-22(24,25)15-5-7-16(8-6-15)27-20(31)19(30)26-13-14-9-11-29(12-10-14)21-28-17-3-1-2-4-18(17)32-21/h1-8,14H,9-13H2,(H,26,30)(H,27,31). The number of piperidine rings is 1. The molecule has 1 aliphatic heterocycles. The average molecular weight is 446 g/mol. The van der Waals surface area contributed by atoms with Gasteiger partial charge >= 0.3 is 18.0 Å². The molecule has 1 fully saturated rings. The monoisotopic (exact) mass is 446 g/mol. The molecular weight excluding hydrogens is 425 g/mol. The summed E-state index contributed by atoms with van der Waals surface area (Å²) in [4.78, 5) is 30.6. The van der Waals surface area contributed by atoms with Crippen LogP contribution in [0.5, 0.6) is 0 Å². The average Bonchev–Trinajstić information content (AvgIpc) is 3.22. The SMILES string of the molecule is O=C(NCC1CCN(c2nc3ccccc3o2)CC1)C(=O)Nc1ccc(C(F)(F)F)cc1. The number of anilines is 2. The number of hydrogen-bond acceptors (Lipinski definition) is 5. The molecule has 0 unspecified atom stereocenters. The Bertz CT molecular complexity index is 1070. The van der Waals surface area contributed by atoms with Gasteiger partial charge in [-0.3, -0.25) is 9.59 Å². The highest BCUT2D eigenvalue weighted by molar-refractivity contribution is 6.39. The summed E-state index contributed by atoms with van der Waals surface area (Å²) in [5.41, 5.74) is 0.820. The molecule has 2 aromatic carbocycles. The topological polar surface area (TPSA) is 87.5 Å². The Morgan fingerprint density at radius 1 is 1.03 bits per heavy atom. The van der Waals surface area contributed by atoms with E-state index in [9.17, 15) is 22.8 Å². The number of carbonyl (C=O) groups is 2. The van der Waals surface area contributed by atoms with Crippen molar-refractivity contribution < 1.29 is 27.2 Å². The second kappa shape index (κ2) is 8.89. The Kier molecular flexibility index (Phi) is 6.02. The molecule has 0 aliphatic carbocycles. The van der Waals surface area contributed by atoms with Gasteiger partial charge in [-0.1, -0.05) is 12.1 Å². The number of amides is 2. The molecule has 32 heavy (non-hydrogen) atoms. The van der Waals surface area contributed by atoms with Crippen molar-refractivity contribution in [2.24, 2.45) is 5.92 Å². The number of hydrogen-bond donors (Lipinski definition) is 2. The van der Waals surface area contributed by atoms with Gasteiger partial charge in [0, 0.05) is 25.3 Å². The highest BCUT2D eigenvalue weighted by Gasteiger charge is 2.30. The van der Waals surface area contributed by atoms with Crippen LogP contribution < -0.4 is 15.5 Å². The van der Waals surface area contributed by atoms with Gasteiger partial charge in [-0.05, 0) is 55.2 Å². The van der Waals surface area contributed by atoms with Crippen molar-refractivity contribution in [1.29, 1.82) is 0 Å². The normalized spacial score (nSPS) is 15.0. The third-order valence-corrected chi connectivity index (χ3v) is 5.40. The highest BCUT2D eigenvalue weighted by atomic mass is 19.4. The van der Waals surface area contributed by atoms with E-state index in [-0.39, 0.29) is 11.6 Å². The first kappa shape index (κ1) is 21.7. The fourth-order valence-corrected chi connectivity index (χ4v) is 3.57. The smallest absolute Gasteiger partial charge is 0.416 e. The lowest BCUT2D eigenvalue weighted by atomic mass is 9.97. The third kappa shape index (κ3) is 5.01. The largest absolute Gasteiger partial charge is 0.423 e. The summed E-state index contributed by atoms with van der Waals surface area (Å²) in [6, 6.07) is 12.0. The number of aromatic nitrogens is 1. The summed E-state index contributed by atoms with van der Waals surface area (Å²) in [7, 11) is 0. The van der Waals surface area contributed by atoms with E-state index in [1.54, 1.807) is 0 Å². The Morgan fingerprint density at radius 2 is 1.72 bits per heavy atom. The predicted octanol–water partition coefficient (Wildman–Crippen LogP) is 3.82. The van der Waals surface area contributed by atoms with E-state index in [1.165, 1.54) is 0 Å². The summed E-state index contributed by atoms with van der Waals surface area (Å²) < 4.78 is 43.6.